The molecule has 1 N–H and O–H groups in total. The highest BCUT2D eigenvalue weighted by molar-refractivity contribution is 5.94. The summed E-state index contributed by atoms with van der Waals surface area (Å²) in [5, 5.41) is 2.67. The van der Waals surface area contributed by atoms with E-state index in [9.17, 15) is 9.59 Å². The number of hydrogen-bond donors (Lipinski definition) is 1. The van der Waals surface area contributed by atoms with Crippen LogP contribution in [-0.4, -0.2) is 37.4 Å². The lowest BCUT2D eigenvalue weighted by atomic mass is 10.1. The zero-order valence-corrected chi connectivity index (χ0v) is 11.5. The van der Waals surface area contributed by atoms with E-state index >= 15 is 0 Å². The molecule has 0 bridgehead atoms. The van der Waals surface area contributed by atoms with Crippen LogP contribution in [0.2, 0.25) is 0 Å². The maximum Gasteiger partial charge on any atom is 0.253 e. The van der Waals surface area contributed by atoms with Gasteiger partial charge >= 0.3 is 0 Å². The molecule has 1 aromatic carbocycles. The molecule has 0 fully saturated rings. The summed E-state index contributed by atoms with van der Waals surface area (Å²) in [6.45, 7) is 2.02. The second-order valence-corrected chi connectivity index (χ2v) is 4.32. The van der Waals surface area contributed by atoms with Crippen LogP contribution in [0.5, 0.6) is 0 Å². The first kappa shape index (κ1) is 14.8. The minimum absolute atomic E-state index is 0.0399. The summed E-state index contributed by atoms with van der Waals surface area (Å²) in [5.41, 5.74) is 1.43. The highest BCUT2D eigenvalue weighted by Gasteiger charge is 2.06. The van der Waals surface area contributed by atoms with Crippen LogP contribution in [0.4, 0.5) is 0 Å². The molecule has 0 unspecified atom stereocenters. The van der Waals surface area contributed by atoms with Crippen molar-refractivity contribution in [2.75, 3.05) is 20.6 Å². The summed E-state index contributed by atoms with van der Waals surface area (Å²) in [6, 6.07) is 7.21. The highest BCUT2D eigenvalue weighted by Crippen LogP contribution is 2.06. The average Bonchev–Trinajstić information content (AvgIpc) is 2.37. The summed E-state index contributed by atoms with van der Waals surface area (Å²) in [6.07, 6.45) is 0.589. The molecule has 0 heterocycles. The first-order valence-corrected chi connectivity index (χ1v) is 6.05. The van der Waals surface area contributed by atoms with Crippen molar-refractivity contribution >= 4 is 11.8 Å². The minimum atomic E-state index is -0.0552. The maximum atomic E-state index is 11.8. The number of rotatable bonds is 3. The van der Waals surface area contributed by atoms with Crippen molar-refractivity contribution < 1.29 is 9.59 Å². The summed E-state index contributed by atoms with van der Waals surface area (Å²) in [5.74, 6) is 5.85. The Hall–Kier alpha value is -2.28. The fourth-order valence-corrected chi connectivity index (χ4v) is 1.45. The van der Waals surface area contributed by atoms with Crippen molar-refractivity contribution in [1.29, 1.82) is 0 Å². The van der Waals surface area contributed by atoms with Crippen LogP contribution >= 0.6 is 0 Å². The molecule has 0 aromatic heterocycles. The number of carbonyl (C=O) groups excluding carboxylic acids is 2. The quantitative estimate of drug-likeness (QED) is 0.655. The summed E-state index contributed by atoms with van der Waals surface area (Å²) < 4.78 is 0. The van der Waals surface area contributed by atoms with Crippen LogP contribution in [0.25, 0.3) is 0 Å². The van der Waals surface area contributed by atoms with E-state index in [0.717, 1.165) is 5.56 Å². The second-order valence-electron chi connectivity index (χ2n) is 4.32. The zero-order valence-electron chi connectivity index (χ0n) is 11.5. The largest absolute Gasteiger partial charge is 0.355 e. The van der Waals surface area contributed by atoms with Gasteiger partial charge in [0.25, 0.3) is 5.91 Å². The second kappa shape index (κ2) is 7.22. The van der Waals surface area contributed by atoms with Gasteiger partial charge in [0.2, 0.25) is 5.91 Å². The lowest BCUT2D eigenvalue weighted by molar-refractivity contribution is -0.118. The standard InChI is InChI=1S/C15H18N2O2/c1-12(18)16-10-5-4-7-13-8-6-9-14(11-13)15(19)17(2)3/h6,8-9,11H,5,10H2,1-3H3,(H,16,18). The van der Waals surface area contributed by atoms with Crippen molar-refractivity contribution in [3.05, 3.63) is 35.4 Å². The van der Waals surface area contributed by atoms with E-state index in [1.54, 1.807) is 26.2 Å². The van der Waals surface area contributed by atoms with Crippen LogP contribution in [0.3, 0.4) is 0 Å². The Bertz CT molecular complexity index is 524. The molecule has 1 rings (SSSR count). The molecule has 0 aliphatic rings. The van der Waals surface area contributed by atoms with Gasteiger partial charge in [-0.2, -0.15) is 0 Å². The van der Waals surface area contributed by atoms with Gasteiger partial charge in [-0.05, 0) is 18.2 Å². The first-order valence-electron chi connectivity index (χ1n) is 6.05. The normalized spacial score (nSPS) is 9.21. The Balaban J connectivity index is 2.65. The lowest BCUT2D eigenvalue weighted by Gasteiger charge is -2.09. The van der Waals surface area contributed by atoms with Crippen LogP contribution in [0, 0.1) is 11.8 Å². The number of nitrogens with one attached hydrogen (secondary N) is 1. The van der Waals surface area contributed by atoms with Gasteiger partial charge in [-0.25, -0.2) is 0 Å². The molecule has 4 heteroatoms. The smallest absolute Gasteiger partial charge is 0.253 e. The third-order valence-corrected chi connectivity index (χ3v) is 2.37. The van der Waals surface area contributed by atoms with Gasteiger partial charge in [0.05, 0.1) is 0 Å². The van der Waals surface area contributed by atoms with Crippen molar-refractivity contribution in [3.63, 3.8) is 0 Å². The van der Waals surface area contributed by atoms with E-state index in [1.807, 2.05) is 12.1 Å². The van der Waals surface area contributed by atoms with Gasteiger partial charge < -0.3 is 10.2 Å². The predicted octanol–water partition coefficient (Wildman–Crippen LogP) is 1.27. The number of carbonyl (C=O) groups is 2. The van der Waals surface area contributed by atoms with Crippen molar-refractivity contribution in [1.82, 2.24) is 10.2 Å². The van der Waals surface area contributed by atoms with Gasteiger partial charge in [-0.1, -0.05) is 17.9 Å². The van der Waals surface area contributed by atoms with E-state index < -0.39 is 0 Å². The number of nitrogens with zero attached hydrogens (tertiary/aromatic N) is 1. The lowest BCUT2D eigenvalue weighted by Crippen LogP contribution is -2.21. The van der Waals surface area contributed by atoms with Gasteiger partial charge in [0.1, 0.15) is 0 Å². The number of hydrogen-bond acceptors (Lipinski definition) is 2. The monoisotopic (exact) mass is 258 g/mol. The summed E-state index contributed by atoms with van der Waals surface area (Å²) in [4.78, 5) is 24.0. The van der Waals surface area contributed by atoms with Crippen LogP contribution in [0.15, 0.2) is 24.3 Å². The molecule has 0 atom stereocenters. The fraction of sp³-hybridized carbons (Fsp3) is 0.333. The van der Waals surface area contributed by atoms with Gasteiger partial charge in [0.15, 0.2) is 0 Å². The molecule has 2 amide bonds. The molecule has 0 aliphatic carbocycles. The number of amides is 2. The van der Waals surface area contributed by atoms with E-state index in [0.29, 0.717) is 18.5 Å². The fourth-order valence-electron chi connectivity index (χ4n) is 1.45. The predicted molar refractivity (Wildman–Crippen MR) is 74.6 cm³/mol. The van der Waals surface area contributed by atoms with Crippen LogP contribution in [-0.2, 0) is 4.79 Å². The minimum Gasteiger partial charge on any atom is -0.355 e. The maximum absolute atomic E-state index is 11.8. The molecule has 0 saturated carbocycles. The van der Waals surface area contributed by atoms with E-state index in [-0.39, 0.29) is 11.8 Å². The molecule has 4 nitrogen and oxygen atoms in total. The summed E-state index contributed by atoms with van der Waals surface area (Å²) >= 11 is 0. The van der Waals surface area contributed by atoms with Crippen LogP contribution < -0.4 is 5.32 Å². The third-order valence-electron chi connectivity index (χ3n) is 2.37. The number of benzene rings is 1. The summed E-state index contributed by atoms with van der Waals surface area (Å²) in [7, 11) is 3.43. The molecule has 0 aliphatic heterocycles. The molecule has 0 spiro atoms. The van der Waals surface area contributed by atoms with E-state index in [2.05, 4.69) is 17.2 Å². The molecule has 19 heavy (non-hydrogen) atoms. The first-order chi connectivity index (χ1) is 9.00. The SMILES string of the molecule is CC(=O)NCCC#Cc1cccc(C(=O)N(C)C)c1. The molecule has 0 radical (unpaired) electrons. The van der Waals surface area contributed by atoms with Crippen LogP contribution in [0.1, 0.15) is 29.3 Å². The Morgan fingerprint density at radius 1 is 1.32 bits per heavy atom. The van der Waals surface area contributed by atoms with Crippen molar-refractivity contribution in [3.8, 4) is 11.8 Å². The average molecular weight is 258 g/mol. The van der Waals surface area contributed by atoms with Gasteiger partial charge in [-0.3, -0.25) is 9.59 Å². The molecule has 0 saturated heterocycles. The molecular weight excluding hydrogens is 240 g/mol. The Kier molecular flexibility index (Phi) is 5.62. The molecule has 1 aromatic rings. The Morgan fingerprint density at radius 2 is 2.05 bits per heavy atom. The zero-order chi connectivity index (χ0) is 14.3. The van der Waals surface area contributed by atoms with E-state index in [4.69, 9.17) is 0 Å². The van der Waals surface area contributed by atoms with Gasteiger partial charge in [0, 0.05) is 45.1 Å². The highest BCUT2D eigenvalue weighted by atomic mass is 16.2. The van der Waals surface area contributed by atoms with E-state index in [1.165, 1.54) is 11.8 Å². The van der Waals surface area contributed by atoms with Crippen molar-refractivity contribution in [2.24, 2.45) is 0 Å². The third kappa shape index (κ3) is 5.26. The Labute approximate surface area is 113 Å². The Morgan fingerprint density at radius 3 is 2.68 bits per heavy atom. The molecular formula is C15H18N2O2. The topological polar surface area (TPSA) is 49.4 Å². The molecule has 100 valence electrons. The van der Waals surface area contributed by atoms with Crippen molar-refractivity contribution in [2.45, 2.75) is 13.3 Å². The van der Waals surface area contributed by atoms with Gasteiger partial charge in [-0.15, -0.1) is 0 Å².